The average molecular weight is 397 g/mol. The van der Waals surface area contributed by atoms with Crippen molar-refractivity contribution >= 4 is 11.6 Å². The normalized spacial score (nSPS) is 33.1. The molecule has 144 valence electrons. The topological polar surface area (TPSA) is 0 Å². The Morgan fingerprint density at radius 3 is 2.10 bits per heavy atom. The number of rotatable bonds is 1. The standard InChI is InChI=1S/C28H25Cl/c29-22-9-10-25-24(16-22)27-23(19-5-2-1-3-6-19)7-4-8-26(27)28(25)20-12-17-11-18(14-20)15-21(28)13-17/h1-10,16-18,20-21H,11-15H2. The minimum absolute atomic E-state index is 0.216. The molecule has 0 aliphatic heterocycles. The van der Waals surface area contributed by atoms with Crippen LogP contribution in [0, 0.1) is 23.7 Å². The third-order valence-corrected chi connectivity index (χ3v) is 8.95. The van der Waals surface area contributed by atoms with E-state index in [0.717, 1.165) is 28.7 Å². The largest absolute Gasteiger partial charge is 0.0843 e. The van der Waals surface area contributed by atoms with Crippen LogP contribution in [0.15, 0.2) is 66.7 Å². The molecule has 0 aromatic heterocycles. The highest BCUT2D eigenvalue weighted by Crippen LogP contribution is 2.70. The zero-order chi connectivity index (χ0) is 19.2. The van der Waals surface area contributed by atoms with E-state index in [9.17, 15) is 0 Å². The minimum atomic E-state index is 0.216. The first kappa shape index (κ1) is 16.7. The van der Waals surface area contributed by atoms with E-state index in [1.807, 2.05) is 0 Å². The second-order valence-corrected chi connectivity index (χ2v) is 10.4. The Kier molecular flexibility index (Phi) is 3.32. The number of halogens is 1. The van der Waals surface area contributed by atoms with Gasteiger partial charge in [-0.3, -0.25) is 0 Å². The molecule has 29 heavy (non-hydrogen) atoms. The Balaban J connectivity index is 1.56. The van der Waals surface area contributed by atoms with E-state index in [1.54, 1.807) is 11.1 Å². The maximum Gasteiger partial charge on any atom is 0.0412 e. The molecule has 8 rings (SSSR count). The van der Waals surface area contributed by atoms with Gasteiger partial charge in [0.2, 0.25) is 0 Å². The molecule has 0 amide bonds. The van der Waals surface area contributed by atoms with Gasteiger partial charge in [0.05, 0.1) is 0 Å². The summed E-state index contributed by atoms with van der Waals surface area (Å²) < 4.78 is 0. The molecular formula is C28H25Cl. The molecule has 3 aromatic rings. The van der Waals surface area contributed by atoms with Crippen molar-refractivity contribution in [3.05, 3.63) is 82.9 Å². The van der Waals surface area contributed by atoms with Gasteiger partial charge in [0.1, 0.15) is 0 Å². The van der Waals surface area contributed by atoms with Gasteiger partial charge in [-0.2, -0.15) is 0 Å². The minimum Gasteiger partial charge on any atom is -0.0843 e. The van der Waals surface area contributed by atoms with Crippen LogP contribution in [0.2, 0.25) is 5.02 Å². The summed E-state index contributed by atoms with van der Waals surface area (Å²) in [4.78, 5) is 0. The molecule has 5 aliphatic rings. The zero-order valence-electron chi connectivity index (χ0n) is 16.6. The summed E-state index contributed by atoms with van der Waals surface area (Å²) in [5, 5.41) is 0.860. The predicted octanol–water partition coefficient (Wildman–Crippen LogP) is 7.73. The Hall–Kier alpha value is -2.05. The Bertz CT molecular complexity index is 1100. The van der Waals surface area contributed by atoms with E-state index in [-0.39, 0.29) is 5.41 Å². The summed E-state index contributed by atoms with van der Waals surface area (Å²) in [6.07, 6.45) is 7.18. The summed E-state index contributed by atoms with van der Waals surface area (Å²) >= 11 is 6.57. The van der Waals surface area contributed by atoms with Crippen molar-refractivity contribution in [3.63, 3.8) is 0 Å². The molecule has 0 atom stereocenters. The van der Waals surface area contributed by atoms with Crippen LogP contribution < -0.4 is 0 Å². The molecule has 0 saturated heterocycles. The number of fused-ring (bicyclic) bond motifs is 3. The molecule has 3 aromatic carbocycles. The van der Waals surface area contributed by atoms with Crippen molar-refractivity contribution in [2.75, 3.05) is 0 Å². The Labute approximate surface area is 177 Å². The fraction of sp³-hybridized carbons (Fsp3) is 0.357. The highest BCUT2D eigenvalue weighted by molar-refractivity contribution is 6.31. The van der Waals surface area contributed by atoms with E-state index < -0.39 is 0 Å². The van der Waals surface area contributed by atoms with E-state index in [1.165, 1.54) is 54.4 Å². The first-order valence-corrected chi connectivity index (χ1v) is 11.6. The van der Waals surface area contributed by atoms with Crippen LogP contribution >= 0.6 is 11.6 Å². The fourth-order valence-corrected chi connectivity index (χ4v) is 8.25. The predicted molar refractivity (Wildman–Crippen MR) is 120 cm³/mol. The number of hydrogen-bond acceptors (Lipinski definition) is 0. The lowest BCUT2D eigenvalue weighted by Gasteiger charge is -2.61. The first-order valence-electron chi connectivity index (χ1n) is 11.2. The molecule has 4 bridgehead atoms. The van der Waals surface area contributed by atoms with Crippen LogP contribution in [0.5, 0.6) is 0 Å². The number of benzene rings is 3. The quantitative estimate of drug-likeness (QED) is 0.394. The number of hydrogen-bond donors (Lipinski definition) is 0. The van der Waals surface area contributed by atoms with E-state index >= 15 is 0 Å². The van der Waals surface area contributed by atoms with Crippen molar-refractivity contribution in [2.24, 2.45) is 23.7 Å². The van der Waals surface area contributed by atoms with Crippen molar-refractivity contribution in [1.82, 2.24) is 0 Å². The van der Waals surface area contributed by atoms with E-state index in [4.69, 9.17) is 11.6 Å². The van der Waals surface area contributed by atoms with Crippen LogP contribution in [0.1, 0.15) is 43.2 Å². The third kappa shape index (κ3) is 2.06. The van der Waals surface area contributed by atoms with Crippen LogP contribution in [0.3, 0.4) is 0 Å². The van der Waals surface area contributed by atoms with Crippen LogP contribution in [-0.2, 0) is 5.41 Å². The highest BCUT2D eigenvalue weighted by atomic mass is 35.5. The average Bonchev–Trinajstić information content (AvgIpc) is 3.03. The monoisotopic (exact) mass is 396 g/mol. The smallest absolute Gasteiger partial charge is 0.0412 e. The maximum absolute atomic E-state index is 6.57. The van der Waals surface area contributed by atoms with Crippen molar-refractivity contribution < 1.29 is 0 Å². The van der Waals surface area contributed by atoms with Crippen LogP contribution in [0.4, 0.5) is 0 Å². The molecule has 5 aliphatic carbocycles. The Morgan fingerprint density at radius 1 is 0.655 bits per heavy atom. The molecule has 4 fully saturated rings. The van der Waals surface area contributed by atoms with Gasteiger partial charge in [-0.25, -0.2) is 0 Å². The van der Waals surface area contributed by atoms with Crippen molar-refractivity contribution in [3.8, 4) is 22.3 Å². The first-order chi connectivity index (χ1) is 14.2. The van der Waals surface area contributed by atoms with Gasteiger partial charge in [0.15, 0.2) is 0 Å². The molecule has 0 radical (unpaired) electrons. The summed E-state index contributed by atoms with van der Waals surface area (Å²) in [5.74, 6) is 3.54. The fourth-order valence-electron chi connectivity index (χ4n) is 8.08. The lowest BCUT2D eigenvalue weighted by atomic mass is 9.43. The van der Waals surface area contributed by atoms with E-state index in [2.05, 4.69) is 66.7 Å². The molecule has 0 heterocycles. The summed E-state index contributed by atoms with van der Waals surface area (Å²) in [6, 6.07) is 24.8. The SMILES string of the molecule is Clc1ccc2c(c1)-c1c(-c3ccccc3)cccc1C21C2CC3CC(C2)CC1C3. The van der Waals surface area contributed by atoms with Gasteiger partial charge >= 0.3 is 0 Å². The molecule has 0 N–H and O–H groups in total. The molecule has 4 saturated carbocycles. The summed E-state index contributed by atoms with van der Waals surface area (Å²) in [5.41, 5.74) is 8.95. The van der Waals surface area contributed by atoms with Gasteiger partial charge in [-0.1, -0.05) is 66.2 Å². The van der Waals surface area contributed by atoms with Crippen molar-refractivity contribution in [1.29, 1.82) is 0 Å². The molecule has 0 nitrogen and oxygen atoms in total. The highest BCUT2D eigenvalue weighted by Gasteiger charge is 2.61. The van der Waals surface area contributed by atoms with Crippen LogP contribution in [0.25, 0.3) is 22.3 Å². The van der Waals surface area contributed by atoms with E-state index in [0.29, 0.717) is 0 Å². The second-order valence-electron chi connectivity index (χ2n) is 9.96. The van der Waals surface area contributed by atoms with Gasteiger partial charge < -0.3 is 0 Å². The maximum atomic E-state index is 6.57. The molecule has 1 spiro atoms. The summed E-state index contributed by atoms with van der Waals surface area (Å²) in [7, 11) is 0. The van der Waals surface area contributed by atoms with Crippen LogP contribution in [-0.4, -0.2) is 0 Å². The van der Waals surface area contributed by atoms with Gasteiger partial charge in [-0.05, 0) is 101 Å². The molecule has 0 unspecified atom stereocenters. The lowest BCUT2D eigenvalue weighted by molar-refractivity contribution is -0.0399. The zero-order valence-corrected chi connectivity index (χ0v) is 17.3. The lowest BCUT2D eigenvalue weighted by Crippen LogP contribution is -2.55. The second kappa shape index (κ2) is 5.76. The molecular weight excluding hydrogens is 372 g/mol. The van der Waals surface area contributed by atoms with Gasteiger partial charge in [0.25, 0.3) is 0 Å². The van der Waals surface area contributed by atoms with Gasteiger partial charge in [-0.15, -0.1) is 0 Å². The van der Waals surface area contributed by atoms with Gasteiger partial charge in [0, 0.05) is 10.4 Å². The van der Waals surface area contributed by atoms with Crippen molar-refractivity contribution in [2.45, 2.75) is 37.5 Å². The Morgan fingerprint density at radius 2 is 1.38 bits per heavy atom. The third-order valence-electron chi connectivity index (χ3n) is 8.72. The summed E-state index contributed by atoms with van der Waals surface area (Å²) in [6.45, 7) is 0. The molecule has 1 heteroatoms.